The van der Waals surface area contributed by atoms with E-state index in [1.54, 1.807) is 47.1 Å². The molecule has 0 aliphatic heterocycles. The Hall–Kier alpha value is -2.60. The SMILES string of the molecule is COc1cc(C)c(OC)c2ccc(C(=O)C[C@@H](COC(C)(C)C)C(=O)OC(C)(C)C)cc12. The van der Waals surface area contributed by atoms with Crippen molar-refractivity contribution in [2.45, 2.75) is 66.1 Å². The summed E-state index contributed by atoms with van der Waals surface area (Å²) in [7, 11) is 3.21. The summed E-state index contributed by atoms with van der Waals surface area (Å²) in [4.78, 5) is 26.0. The molecule has 0 bridgehead atoms. The number of carbonyl (C=O) groups excluding carboxylic acids is 2. The van der Waals surface area contributed by atoms with Crippen molar-refractivity contribution < 1.29 is 28.5 Å². The summed E-state index contributed by atoms with van der Waals surface area (Å²) in [6.07, 6.45) is -0.0121. The summed E-state index contributed by atoms with van der Waals surface area (Å²) in [5.74, 6) is 0.0939. The molecule has 0 amide bonds. The summed E-state index contributed by atoms with van der Waals surface area (Å²) >= 11 is 0. The lowest BCUT2D eigenvalue weighted by atomic mass is 9.95. The van der Waals surface area contributed by atoms with Gasteiger partial charge in [-0.15, -0.1) is 0 Å². The Balaban J connectivity index is 2.37. The molecule has 1 atom stereocenters. The number of Topliss-reactive ketones (excluding diaryl/α,β-unsaturated/α-hetero) is 1. The van der Waals surface area contributed by atoms with Crippen LogP contribution in [0.5, 0.6) is 11.5 Å². The van der Waals surface area contributed by atoms with Crippen LogP contribution < -0.4 is 9.47 Å². The Kier molecular flexibility index (Phi) is 7.94. The van der Waals surface area contributed by atoms with Crippen LogP contribution in [0, 0.1) is 12.8 Å². The van der Waals surface area contributed by atoms with Crippen LogP contribution in [0.4, 0.5) is 0 Å². The second-order valence-electron chi connectivity index (χ2n) is 9.97. The minimum atomic E-state index is -0.703. The van der Waals surface area contributed by atoms with Gasteiger partial charge in [-0.3, -0.25) is 9.59 Å². The zero-order valence-electron chi connectivity index (χ0n) is 20.8. The molecule has 2 aromatic rings. The fourth-order valence-electron chi connectivity index (χ4n) is 3.40. The number of carbonyl (C=O) groups is 2. The van der Waals surface area contributed by atoms with Gasteiger partial charge in [0, 0.05) is 22.8 Å². The first kappa shape index (κ1) is 25.7. The fourth-order valence-corrected chi connectivity index (χ4v) is 3.40. The molecule has 0 saturated heterocycles. The van der Waals surface area contributed by atoms with Crippen LogP contribution in [0.1, 0.15) is 63.9 Å². The smallest absolute Gasteiger partial charge is 0.312 e. The number of fused-ring (bicyclic) bond motifs is 1. The Bertz CT molecular complexity index is 978. The van der Waals surface area contributed by atoms with Crippen molar-refractivity contribution in [3.05, 3.63) is 35.4 Å². The standard InChI is InChI=1S/C26H36O6/c1-16-12-22(29-8)20-13-17(10-11-19(20)23(16)30-9)21(27)14-18(15-31-25(2,3)4)24(28)32-26(5,6)7/h10-13,18H,14-15H2,1-9H3/t18-/m0/s1. The van der Waals surface area contributed by atoms with Crippen LogP contribution in [0.2, 0.25) is 0 Å². The molecule has 0 saturated carbocycles. The maximum Gasteiger partial charge on any atom is 0.312 e. The highest BCUT2D eigenvalue weighted by Gasteiger charge is 2.29. The van der Waals surface area contributed by atoms with Crippen LogP contribution >= 0.6 is 0 Å². The van der Waals surface area contributed by atoms with Crippen molar-refractivity contribution in [2.75, 3.05) is 20.8 Å². The average Bonchev–Trinajstić information content (AvgIpc) is 2.67. The van der Waals surface area contributed by atoms with Crippen molar-refractivity contribution in [3.63, 3.8) is 0 Å². The number of ether oxygens (including phenoxy) is 4. The van der Waals surface area contributed by atoms with Crippen molar-refractivity contribution in [1.29, 1.82) is 0 Å². The first-order valence-electron chi connectivity index (χ1n) is 10.8. The van der Waals surface area contributed by atoms with E-state index in [-0.39, 0.29) is 18.8 Å². The number of hydrogen-bond acceptors (Lipinski definition) is 6. The van der Waals surface area contributed by atoms with E-state index in [1.807, 2.05) is 39.8 Å². The van der Waals surface area contributed by atoms with Gasteiger partial charge in [-0.1, -0.05) is 6.07 Å². The number of esters is 1. The van der Waals surface area contributed by atoms with Gasteiger partial charge in [-0.05, 0) is 72.2 Å². The molecule has 2 rings (SSSR count). The van der Waals surface area contributed by atoms with Crippen LogP contribution in [-0.2, 0) is 14.3 Å². The zero-order valence-corrected chi connectivity index (χ0v) is 20.8. The molecule has 32 heavy (non-hydrogen) atoms. The molecule has 0 aliphatic rings. The summed E-state index contributed by atoms with van der Waals surface area (Å²) in [6, 6.07) is 7.28. The maximum absolute atomic E-state index is 13.2. The van der Waals surface area contributed by atoms with Crippen molar-refractivity contribution in [2.24, 2.45) is 5.92 Å². The molecule has 176 valence electrons. The lowest BCUT2D eigenvalue weighted by Crippen LogP contribution is -2.34. The highest BCUT2D eigenvalue weighted by molar-refractivity contribution is 6.04. The number of aryl methyl sites for hydroxylation is 1. The molecule has 0 aromatic heterocycles. The van der Waals surface area contributed by atoms with Gasteiger partial charge in [0.15, 0.2) is 5.78 Å². The van der Waals surface area contributed by atoms with E-state index < -0.39 is 23.1 Å². The molecule has 2 aromatic carbocycles. The minimum Gasteiger partial charge on any atom is -0.496 e. The summed E-state index contributed by atoms with van der Waals surface area (Å²) in [5, 5.41) is 1.64. The van der Waals surface area contributed by atoms with Gasteiger partial charge in [0.05, 0.1) is 32.3 Å². The molecule has 0 fully saturated rings. The number of hydrogen-bond donors (Lipinski definition) is 0. The van der Waals surface area contributed by atoms with Crippen LogP contribution in [0.15, 0.2) is 24.3 Å². The molecule has 0 heterocycles. The lowest BCUT2D eigenvalue weighted by Gasteiger charge is -2.26. The molecule has 6 heteroatoms. The van der Waals surface area contributed by atoms with E-state index in [4.69, 9.17) is 18.9 Å². The van der Waals surface area contributed by atoms with E-state index >= 15 is 0 Å². The van der Waals surface area contributed by atoms with Gasteiger partial charge in [-0.25, -0.2) is 0 Å². The van der Waals surface area contributed by atoms with Crippen LogP contribution in [0.3, 0.4) is 0 Å². The number of ketones is 1. The molecule has 0 unspecified atom stereocenters. The fraction of sp³-hybridized carbons (Fsp3) is 0.538. The molecule has 0 radical (unpaired) electrons. The Labute approximate surface area is 191 Å². The normalized spacial score (nSPS) is 13.0. The molecule has 6 nitrogen and oxygen atoms in total. The highest BCUT2D eigenvalue weighted by Crippen LogP contribution is 2.37. The molecule has 0 N–H and O–H groups in total. The highest BCUT2D eigenvalue weighted by atomic mass is 16.6. The number of benzene rings is 2. The Morgan fingerprint density at radius 3 is 2.09 bits per heavy atom. The molecule has 0 aliphatic carbocycles. The van der Waals surface area contributed by atoms with E-state index in [2.05, 4.69) is 0 Å². The number of methoxy groups -OCH3 is 2. The largest absolute Gasteiger partial charge is 0.496 e. The monoisotopic (exact) mass is 444 g/mol. The van der Waals surface area contributed by atoms with Gasteiger partial charge in [0.1, 0.15) is 17.1 Å². The Morgan fingerprint density at radius 1 is 0.906 bits per heavy atom. The van der Waals surface area contributed by atoms with Gasteiger partial charge in [0.2, 0.25) is 0 Å². The summed E-state index contributed by atoms with van der Waals surface area (Å²) in [6.45, 7) is 13.2. The third-order valence-corrected chi connectivity index (χ3v) is 4.87. The predicted octanol–water partition coefficient (Wildman–Crippen LogP) is 5.51. The van der Waals surface area contributed by atoms with Gasteiger partial charge < -0.3 is 18.9 Å². The van der Waals surface area contributed by atoms with Crippen LogP contribution in [0.25, 0.3) is 10.8 Å². The van der Waals surface area contributed by atoms with Gasteiger partial charge >= 0.3 is 5.97 Å². The minimum absolute atomic E-state index is 0.0121. The third-order valence-electron chi connectivity index (χ3n) is 4.87. The lowest BCUT2D eigenvalue weighted by molar-refractivity contribution is -0.163. The first-order chi connectivity index (χ1) is 14.8. The summed E-state index contributed by atoms with van der Waals surface area (Å²) in [5.41, 5.74) is 0.352. The predicted molar refractivity (Wildman–Crippen MR) is 126 cm³/mol. The topological polar surface area (TPSA) is 71.1 Å². The van der Waals surface area contributed by atoms with E-state index in [0.29, 0.717) is 11.3 Å². The van der Waals surface area contributed by atoms with Crippen molar-refractivity contribution in [3.8, 4) is 11.5 Å². The molecular weight excluding hydrogens is 408 g/mol. The van der Waals surface area contributed by atoms with Crippen molar-refractivity contribution >= 4 is 22.5 Å². The second kappa shape index (κ2) is 9.90. The zero-order chi connectivity index (χ0) is 24.3. The van der Waals surface area contributed by atoms with Crippen molar-refractivity contribution in [1.82, 2.24) is 0 Å². The van der Waals surface area contributed by atoms with E-state index in [9.17, 15) is 9.59 Å². The Morgan fingerprint density at radius 2 is 1.56 bits per heavy atom. The first-order valence-corrected chi connectivity index (χ1v) is 10.8. The number of rotatable bonds is 8. The second-order valence-corrected chi connectivity index (χ2v) is 9.97. The third kappa shape index (κ3) is 6.70. The maximum atomic E-state index is 13.2. The van der Waals surface area contributed by atoms with Gasteiger partial charge in [0.25, 0.3) is 0 Å². The molecular formula is C26H36O6. The van der Waals surface area contributed by atoms with Gasteiger partial charge in [-0.2, -0.15) is 0 Å². The quantitative estimate of drug-likeness (QED) is 0.395. The molecule has 0 spiro atoms. The summed E-state index contributed by atoms with van der Waals surface area (Å²) < 4.78 is 22.4. The van der Waals surface area contributed by atoms with E-state index in [1.165, 1.54) is 0 Å². The van der Waals surface area contributed by atoms with Crippen LogP contribution in [-0.4, -0.2) is 43.8 Å². The average molecular weight is 445 g/mol. The van der Waals surface area contributed by atoms with E-state index in [0.717, 1.165) is 22.1 Å².